The number of carbonyl (C=O) groups excluding carboxylic acids is 1. The molecular weight excluding hydrogens is 250 g/mol. The fourth-order valence-electron chi connectivity index (χ4n) is 2.51. The highest BCUT2D eigenvalue weighted by Crippen LogP contribution is 2.10. The first-order valence-electron chi connectivity index (χ1n) is 7.40. The Morgan fingerprint density at radius 2 is 1.95 bits per heavy atom. The van der Waals surface area contributed by atoms with Crippen LogP contribution in [0, 0.1) is 0 Å². The van der Waals surface area contributed by atoms with Crippen molar-refractivity contribution in [2.75, 3.05) is 19.6 Å². The van der Waals surface area contributed by atoms with E-state index in [0.717, 1.165) is 25.2 Å². The maximum atomic E-state index is 11.7. The van der Waals surface area contributed by atoms with Crippen molar-refractivity contribution in [1.29, 1.82) is 0 Å². The maximum absolute atomic E-state index is 11.7. The van der Waals surface area contributed by atoms with Gasteiger partial charge >= 0.3 is 5.97 Å². The number of ether oxygens (including phenoxy) is 1. The van der Waals surface area contributed by atoms with Gasteiger partial charge in [0, 0.05) is 12.6 Å². The second kappa shape index (κ2) is 7.85. The molecule has 0 aromatic heterocycles. The molecule has 3 nitrogen and oxygen atoms in total. The monoisotopic (exact) mass is 273 g/mol. The lowest BCUT2D eigenvalue weighted by molar-refractivity contribution is -0.143. The van der Waals surface area contributed by atoms with E-state index >= 15 is 0 Å². The van der Waals surface area contributed by atoms with Crippen molar-refractivity contribution in [3.63, 3.8) is 0 Å². The molecule has 1 aromatic carbocycles. The van der Waals surface area contributed by atoms with Crippen molar-refractivity contribution in [2.24, 2.45) is 0 Å². The molecule has 0 bridgehead atoms. The number of carbonyl (C=O) groups is 1. The molecule has 108 valence electrons. The third kappa shape index (κ3) is 5.17. The highest BCUT2D eigenvalue weighted by Gasteiger charge is 2.15. The topological polar surface area (TPSA) is 29.5 Å². The van der Waals surface area contributed by atoms with Crippen LogP contribution < -0.4 is 0 Å². The molecule has 3 heteroatoms. The Labute approximate surface area is 121 Å². The third-order valence-electron chi connectivity index (χ3n) is 3.49. The molecule has 0 amide bonds. The number of benzene rings is 1. The van der Waals surface area contributed by atoms with E-state index in [-0.39, 0.29) is 12.1 Å². The number of piperidine rings is 1. The first kappa shape index (κ1) is 14.8. The minimum absolute atomic E-state index is 0.0546. The van der Waals surface area contributed by atoms with Gasteiger partial charge in [-0.2, -0.15) is 0 Å². The largest absolute Gasteiger partial charge is 0.458 e. The number of hydrogen-bond donors (Lipinski definition) is 0. The molecule has 0 aliphatic carbocycles. The first-order chi connectivity index (χ1) is 9.74. The van der Waals surface area contributed by atoms with Gasteiger partial charge < -0.3 is 4.74 Å². The van der Waals surface area contributed by atoms with Crippen LogP contribution in [0.3, 0.4) is 0 Å². The summed E-state index contributed by atoms with van der Waals surface area (Å²) in [5.74, 6) is -0.265. The molecule has 20 heavy (non-hydrogen) atoms. The minimum atomic E-state index is -0.265. The SMILES string of the molecule is CC(CN1CCCCC1)OC(=O)/C=C/c1ccccc1. The number of rotatable bonds is 5. The molecule has 0 radical (unpaired) electrons. The van der Waals surface area contributed by atoms with Crippen LogP contribution in [0.15, 0.2) is 36.4 Å². The van der Waals surface area contributed by atoms with Gasteiger partial charge in [-0.25, -0.2) is 4.79 Å². The van der Waals surface area contributed by atoms with Crippen molar-refractivity contribution >= 4 is 12.0 Å². The van der Waals surface area contributed by atoms with E-state index in [1.54, 1.807) is 6.08 Å². The summed E-state index contributed by atoms with van der Waals surface area (Å²) in [6, 6.07) is 9.77. The average Bonchev–Trinajstić information content (AvgIpc) is 2.47. The normalized spacial score (nSPS) is 18.1. The van der Waals surface area contributed by atoms with Gasteiger partial charge in [0.1, 0.15) is 6.10 Å². The van der Waals surface area contributed by atoms with Crippen LogP contribution >= 0.6 is 0 Å². The van der Waals surface area contributed by atoms with Crippen molar-refractivity contribution in [3.8, 4) is 0 Å². The smallest absolute Gasteiger partial charge is 0.331 e. The van der Waals surface area contributed by atoms with Crippen molar-refractivity contribution in [2.45, 2.75) is 32.3 Å². The second-order valence-electron chi connectivity index (χ2n) is 5.35. The van der Waals surface area contributed by atoms with E-state index in [1.807, 2.05) is 37.3 Å². The van der Waals surface area contributed by atoms with Gasteiger partial charge in [0.05, 0.1) is 0 Å². The van der Waals surface area contributed by atoms with Crippen LogP contribution in [-0.4, -0.2) is 36.6 Å². The molecule has 1 aliphatic heterocycles. The molecule has 1 aliphatic rings. The molecule has 0 spiro atoms. The zero-order valence-electron chi connectivity index (χ0n) is 12.1. The molecule has 1 saturated heterocycles. The Balaban J connectivity index is 1.74. The molecule has 1 atom stereocenters. The summed E-state index contributed by atoms with van der Waals surface area (Å²) in [6.07, 6.45) is 7.08. The molecule has 1 heterocycles. The molecule has 0 N–H and O–H groups in total. The van der Waals surface area contributed by atoms with Gasteiger partial charge in [-0.3, -0.25) is 4.90 Å². The first-order valence-corrected chi connectivity index (χ1v) is 7.40. The lowest BCUT2D eigenvalue weighted by atomic mass is 10.1. The highest BCUT2D eigenvalue weighted by atomic mass is 16.5. The lowest BCUT2D eigenvalue weighted by Gasteiger charge is -2.28. The summed E-state index contributed by atoms with van der Waals surface area (Å²) in [6.45, 7) is 5.05. The number of esters is 1. The van der Waals surface area contributed by atoms with Gasteiger partial charge in [-0.15, -0.1) is 0 Å². The quantitative estimate of drug-likeness (QED) is 0.610. The van der Waals surface area contributed by atoms with E-state index in [1.165, 1.54) is 25.3 Å². The molecule has 1 fully saturated rings. The van der Waals surface area contributed by atoms with Gasteiger partial charge in [-0.1, -0.05) is 36.8 Å². The standard InChI is InChI=1S/C17H23NO2/c1-15(14-18-12-6-3-7-13-18)20-17(19)11-10-16-8-4-2-5-9-16/h2,4-5,8-11,15H,3,6-7,12-14H2,1H3/b11-10+. The molecule has 0 saturated carbocycles. The number of hydrogen-bond acceptors (Lipinski definition) is 3. The minimum Gasteiger partial charge on any atom is -0.458 e. The van der Waals surface area contributed by atoms with Crippen LogP contribution in [-0.2, 0) is 9.53 Å². The Morgan fingerprint density at radius 3 is 2.65 bits per heavy atom. The van der Waals surface area contributed by atoms with Gasteiger partial charge in [0.2, 0.25) is 0 Å². The zero-order chi connectivity index (χ0) is 14.2. The molecule has 2 rings (SSSR count). The third-order valence-corrected chi connectivity index (χ3v) is 3.49. The Hall–Kier alpha value is -1.61. The fourth-order valence-corrected chi connectivity index (χ4v) is 2.51. The Morgan fingerprint density at radius 1 is 1.25 bits per heavy atom. The van der Waals surface area contributed by atoms with Gasteiger partial charge in [0.25, 0.3) is 0 Å². The fraction of sp³-hybridized carbons (Fsp3) is 0.471. The van der Waals surface area contributed by atoms with Gasteiger partial charge in [-0.05, 0) is 44.5 Å². The summed E-state index contributed by atoms with van der Waals surface area (Å²) >= 11 is 0. The summed E-state index contributed by atoms with van der Waals surface area (Å²) in [4.78, 5) is 14.1. The lowest BCUT2D eigenvalue weighted by Crippen LogP contribution is -2.36. The average molecular weight is 273 g/mol. The van der Waals surface area contributed by atoms with Crippen molar-refractivity contribution < 1.29 is 9.53 Å². The van der Waals surface area contributed by atoms with Crippen LogP contribution in [0.4, 0.5) is 0 Å². The molecule has 1 unspecified atom stereocenters. The Kier molecular flexibility index (Phi) is 5.81. The highest BCUT2D eigenvalue weighted by molar-refractivity contribution is 5.87. The summed E-state index contributed by atoms with van der Waals surface area (Å²) in [7, 11) is 0. The van der Waals surface area contributed by atoms with Crippen molar-refractivity contribution in [1.82, 2.24) is 4.90 Å². The Bertz CT molecular complexity index is 436. The van der Waals surface area contributed by atoms with E-state index < -0.39 is 0 Å². The number of likely N-dealkylation sites (tertiary alicyclic amines) is 1. The summed E-state index contributed by atoms with van der Waals surface area (Å²) < 4.78 is 5.41. The van der Waals surface area contributed by atoms with Gasteiger partial charge in [0.15, 0.2) is 0 Å². The van der Waals surface area contributed by atoms with Crippen LogP contribution in [0.2, 0.25) is 0 Å². The van der Waals surface area contributed by atoms with E-state index in [4.69, 9.17) is 4.74 Å². The molecular formula is C17H23NO2. The van der Waals surface area contributed by atoms with E-state index in [0.29, 0.717) is 0 Å². The van der Waals surface area contributed by atoms with E-state index in [9.17, 15) is 4.79 Å². The van der Waals surface area contributed by atoms with Crippen molar-refractivity contribution in [3.05, 3.63) is 42.0 Å². The predicted octanol–water partition coefficient (Wildman–Crippen LogP) is 3.12. The maximum Gasteiger partial charge on any atom is 0.331 e. The summed E-state index contributed by atoms with van der Waals surface area (Å²) in [5.41, 5.74) is 1.01. The van der Waals surface area contributed by atoms with Crippen LogP contribution in [0.25, 0.3) is 6.08 Å². The number of nitrogens with zero attached hydrogens (tertiary/aromatic N) is 1. The van der Waals surface area contributed by atoms with Crippen LogP contribution in [0.1, 0.15) is 31.7 Å². The molecule has 1 aromatic rings. The summed E-state index contributed by atoms with van der Waals surface area (Å²) in [5, 5.41) is 0. The van der Waals surface area contributed by atoms with Crippen LogP contribution in [0.5, 0.6) is 0 Å². The second-order valence-corrected chi connectivity index (χ2v) is 5.35. The van der Waals surface area contributed by atoms with E-state index in [2.05, 4.69) is 4.90 Å². The zero-order valence-corrected chi connectivity index (χ0v) is 12.1. The predicted molar refractivity (Wildman–Crippen MR) is 81.3 cm³/mol.